The zero-order chi connectivity index (χ0) is 19.3. The van der Waals surface area contributed by atoms with Crippen LogP contribution in [-0.2, 0) is 4.79 Å². The second kappa shape index (κ2) is 8.27. The number of rotatable bonds is 6. The Hall–Kier alpha value is -3.12. The van der Waals surface area contributed by atoms with Gasteiger partial charge in [-0.1, -0.05) is 42.1 Å². The minimum absolute atomic E-state index is 0.112. The topological polar surface area (TPSA) is 59.6 Å². The van der Waals surface area contributed by atoms with Crippen LogP contribution >= 0.6 is 11.8 Å². The Labute approximate surface area is 168 Å². The van der Waals surface area contributed by atoms with Crippen molar-refractivity contribution in [2.45, 2.75) is 22.8 Å². The molecule has 1 amide bonds. The number of para-hydroxylation sites is 1. The zero-order valence-electron chi connectivity index (χ0n) is 15.3. The molecule has 6 heteroatoms. The molecule has 0 bridgehead atoms. The minimum atomic E-state index is -0.421. The van der Waals surface area contributed by atoms with Gasteiger partial charge < -0.3 is 20.1 Å². The van der Waals surface area contributed by atoms with E-state index >= 15 is 0 Å². The van der Waals surface area contributed by atoms with Gasteiger partial charge in [-0.25, -0.2) is 0 Å². The van der Waals surface area contributed by atoms with Gasteiger partial charge in [-0.2, -0.15) is 0 Å². The predicted octanol–water partition coefficient (Wildman–Crippen LogP) is 5.01. The fraction of sp³-hybridized carbons (Fsp3) is 0.136. The summed E-state index contributed by atoms with van der Waals surface area (Å²) in [6.45, 7) is 2.05. The molecule has 1 heterocycles. The third kappa shape index (κ3) is 4.23. The highest BCUT2D eigenvalue weighted by atomic mass is 32.2. The molecule has 3 aromatic carbocycles. The number of carbonyl (C=O) groups is 1. The lowest BCUT2D eigenvalue weighted by Gasteiger charge is -2.17. The molecule has 0 radical (unpaired) electrons. The van der Waals surface area contributed by atoms with Crippen LogP contribution in [0, 0.1) is 0 Å². The van der Waals surface area contributed by atoms with Crippen molar-refractivity contribution in [3.05, 3.63) is 72.8 Å². The maximum Gasteiger partial charge on any atom is 0.246 e. The van der Waals surface area contributed by atoms with Gasteiger partial charge in [0.05, 0.1) is 5.69 Å². The molecule has 3 aromatic rings. The molecule has 142 valence electrons. The number of fused-ring (bicyclic) bond motifs is 1. The highest BCUT2D eigenvalue weighted by Crippen LogP contribution is 2.35. The van der Waals surface area contributed by atoms with Crippen LogP contribution in [0.4, 0.5) is 11.4 Å². The van der Waals surface area contributed by atoms with Crippen LogP contribution in [0.25, 0.3) is 0 Å². The Bertz CT molecular complexity index is 979. The Morgan fingerprint density at radius 3 is 2.57 bits per heavy atom. The highest BCUT2D eigenvalue weighted by Gasteiger charge is 2.17. The largest absolute Gasteiger partial charge is 0.454 e. The molecule has 5 nitrogen and oxygen atoms in total. The van der Waals surface area contributed by atoms with Crippen LogP contribution in [0.2, 0.25) is 0 Å². The molecule has 0 spiro atoms. The number of amides is 1. The van der Waals surface area contributed by atoms with Crippen LogP contribution in [0.3, 0.4) is 0 Å². The number of carbonyl (C=O) groups excluding carboxylic acids is 1. The van der Waals surface area contributed by atoms with Gasteiger partial charge in [0.15, 0.2) is 11.5 Å². The Morgan fingerprint density at radius 1 is 0.964 bits per heavy atom. The average molecular weight is 392 g/mol. The smallest absolute Gasteiger partial charge is 0.246 e. The molecule has 2 N–H and O–H groups in total. The normalized spacial score (nSPS) is 13.0. The molecule has 1 aliphatic rings. The number of benzene rings is 3. The van der Waals surface area contributed by atoms with Gasteiger partial charge in [-0.3, -0.25) is 4.79 Å². The monoisotopic (exact) mass is 392 g/mol. The molecule has 4 rings (SSSR count). The van der Waals surface area contributed by atoms with Crippen molar-refractivity contribution in [3.8, 4) is 11.5 Å². The van der Waals surface area contributed by atoms with E-state index in [1.807, 2.05) is 79.7 Å². The Morgan fingerprint density at radius 2 is 1.71 bits per heavy atom. The van der Waals surface area contributed by atoms with Gasteiger partial charge in [0, 0.05) is 21.5 Å². The number of ether oxygens (including phenoxy) is 2. The summed E-state index contributed by atoms with van der Waals surface area (Å²) in [6.07, 6.45) is 0. The second-order valence-corrected chi connectivity index (χ2v) is 7.45. The zero-order valence-corrected chi connectivity index (χ0v) is 16.2. The van der Waals surface area contributed by atoms with Gasteiger partial charge in [0.25, 0.3) is 0 Å². The van der Waals surface area contributed by atoms with Crippen LogP contribution in [0.15, 0.2) is 82.6 Å². The number of hydrogen-bond donors (Lipinski definition) is 2. The van der Waals surface area contributed by atoms with E-state index < -0.39 is 6.04 Å². The second-order valence-electron chi connectivity index (χ2n) is 6.33. The summed E-state index contributed by atoms with van der Waals surface area (Å²) >= 11 is 1.62. The van der Waals surface area contributed by atoms with E-state index in [2.05, 4.69) is 10.6 Å². The van der Waals surface area contributed by atoms with Gasteiger partial charge in [-0.15, -0.1) is 0 Å². The fourth-order valence-electron chi connectivity index (χ4n) is 2.82. The van der Waals surface area contributed by atoms with E-state index in [-0.39, 0.29) is 12.7 Å². The van der Waals surface area contributed by atoms with Crippen molar-refractivity contribution < 1.29 is 14.3 Å². The first-order chi connectivity index (χ1) is 13.7. The maximum atomic E-state index is 12.7. The van der Waals surface area contributed by atoms with E-state index in [0.29, 0.717) is 5.75 Å². The summed E-state index contributed by atoms with van der Waals surface area (Å²) in [4.78, 5) is 14.8. The minimum Gasteiger partial charge on any atom is -0.454 e. The number of nitrogens with one attached hydrogen (secondary N) is 2. The molecule has 0 aliphatic carbocycles. The lowest BCUT2D eigenvalue weighted by atomic mass is 10.2. The Balaban J connectivity index is 1.43. The molecular formula is C22H20N2O3S. The molecule has 0 aromatic heterocycles. The third-order valence-corrected chi connectivity index (χ3v) is 5.35. The number of hydrogen-bond acceptors (Lipinski definition) is 5. The molecule has 0 fully saturated rings. The lowest BCUT2D eigenvalue weighted by Crippen LogP contribution is -2.32. The van der Waals surface area contributed by atoms with Gasteiger partial charge in [-0.05, 0) is 43.3 Å². The third-order valence-electron chi connectivity index (χ3n) is 4.26. The lowest BCUT2D eigenvalue weighted by molar-refractivity contribution is -0.116. The van der Waals surface area contributed by atoms with Gasteiger partial charge >= 0.3 is 0 Å². The van der Waals surface area contributed by atoms with E-state index in [1.54, 1.807) is 11.8 Å². The molecular weight excluding hydrogens is 372 g/mol. The summed E-state index contributed by atoms with van der Waals surface area (Å²) in [7, 11) is 0. The molecule has 1 atom stereocenters. The van der Waals surface area contributed by atoms with Gasteiger partial charge in [0.2, 0.25) is 12.7 Å². The quantitative estimate of drug-likeness (QED) is 0.618. The maximum absolute atomic E-state index is 12.7. The summed E-state index contributed by atoms with van der Waals surface area (Å²) < 4.78 is 10.7. The van der Waals surface area contributed by atoms with Crippen molar-refractivity contribution in [1.82, 2.24) is 0 Å². The molecule has 28 heavy (non-hydrogen) atoms. The first-order valence-electron chi connectivity index (χ1n) is 8.98. The van der Waals surface area contributed by atoms with E-state index in [9.17, 15) is 4.79 Å². The standard InChI is InChI=1S/C22H20N2O3S/c1-15(23-16-11-12-19-20(13-16)27-14-26-19)22(25)24-18-9-5-6-10-21(18)28-17-7-3-2-4-8-17/h2-13,15,23H,14H2,1H3,(H,24,25)/t15-/m1/s1. The van der Waals surface area contributed by atoms with Crippen LogP contribution < -0.4 is 20.1 Å². The van der Waals surface area contributed by atoms with E-state index in [1.165, 1.54) is 0 Å². The van der Waals surface area contributed by atoms with Crippen molar-refractivity contribution in [3.63, 3.8) is 0 Å². The summed E-state index contributed by atoms with van der Waals surface area (Å²) in [5.74, 6) is 1.29. The molecule has 0 saturated heterocycles. The predicted molar refractivity (Wildman–Crippen MR) is 111 cm³/mol. The summed E-state index contributed by atoms with van der Waals surface area (Å²) in [6, 6.07) is 23.0. The van der Waals surface area contributed by atoms with Crippen molar-refractivity contribution in [2.24, 2.45) is 0 Å². The SMILES string of the molecule is C[C@@H](Nc1ccc2c(c1)OCO2)C(=O)Nc1ccccc1Sc1ccccc1. The number of anilines is 2. The molecule has 1 aliphatic heterocycles. The highest BCUT2D eigenvalue weighted by molar-refractivity contribution is 7.99. The first-order valence-corrected chi connectivity index (χ1v) is 9.80. The van der Waals surface area contributed by atoms with Crippen LogP contribution in [-0.4, -0.2) is 18.7 Å². The van der Waals surface area contributed by atoms with Crippen LogP contribution in [0.5, 0.6) is 11.5 Å². The molecule has 0 unspecified atom stereocenters. The van der Waals surface area contributed by atoms with E-state index in [0.717, 1.165) is 26.9 Å². The summed E-state index contributed by atoms with van der Waals surface area (Å²) in [5, 5.41) is 6.23. The van der Waals surface area contributed by atoms with E-state index in [4.69, 9.17) is 9.47 Å². The molecule has 0 saturated carbocycles. The van der Waals surface area contributed by atoms with Crippen molar-refractivity contribution in [1.29, 1.82) is 0 Å². The van der Waals surface area contributed by atoms with Crippen molar-refractivity contribution >= 4 is 29.0 Å². The summed E-state index contributed by atoms with van der Waals surface area (Å²) in [5.41, 5.74) is 1.60. The Kier molecular flexibility index (Phi) is 5.39. The average Bonchev–Trinajstić information content (AvgIpc) is 3.18. The van der Waals surface area contributed by atoms with Crippen LogP contribution in [0.1, 0.15) is 6.92 Å². The van der Waals surface area contributed by atoms with Crippen molar-refractivity contribution in [2.75, 3.05) is 17.4 Å². The van der Waals surface area contributed by atoms with Gasteiger partial charge in [0.1, 0.15) is 6.04 Å². The first kappa shape index (κ1) is 18.3. The fourth-order valence-corrected chi connectivity index (χ4v) is 3.74.